The van der Waals surface area contributed by atoms with Crippen LogP contribution in [-0.4, -0.2) is 26.8 Å². The van der Waals surface area contributed by atoms with Gasteiger partial charge in [-0.1, -0.05) is 23.8 Å². The number of nitrogens with zero attached hydrogens (tertiary/aromatic N) is 4. The number of hydrogen-bond acceptors (Lipinski definition) is 5. The standard InChI is InChI=1S/C20H11ClF2N4O3S.ClH/c1-10-5-7-11(8-6-10)31(29,30)26-9-13(23)16-17(26)25-20(21)27-18(16)24-14-4-2-3-12(22)15(14)19(27)28;/h2-9H,1H3;1H. The molecule has 0 fully saturated rings. The zero-order valence-corrected chi connectivity index (χ0v) is 18.4. The number of fused-ring (bicyclic) bond motifs is 4. The quantitative estimate of drug-likeness (QED) is 0.266. The third-order valence-electron chi connectivity index (χ3n) is 4.93. The van der Waals surface area contributed by atoms with Gasteiger partial charge in [-0.25, -0.2) is 30.6 Å². The predicted molar refractivity (Wildman–Crippen MR) is 112 cm³/mol. The molecule has 3 aromatic heterocycles. The van der Waals surface area contributed by atoms with E-state index in [0.29, 0.717) is 3.97 Å². The second kappa shape index (κ2) is 7.51. The summed E-state index contributed by atoms with van der Waals surface area (Å²) in [5.74, 6) is -1.80. The van der Waals surface area contributed by atoms with Crippen molar-refractivity contribution in [1.29, 1.82) is 0 Å². The lowest BCUT2D eigenvalue weighted by Gasteiger charge is -2.09. The van der Waals surface area contributed by atoms with Gasteiger partial charge in [-0.05, 0) is 42.8 Å². The van der Waals surface area contributed by atoms with E-state index in [4.69, 9.17) is 11.6 Å². The Kier molecular flexibility index (Phi) is 5.19. The smallest absolute Gasteiger partial charge is 1.00 e. The Morgan fingerprint density at radius 3 is 2.34 bits per heavy atom. The molecule has 0 aliphatic heterocycles. The molecule has 7 nitrogen and oxygen atoms in total. The van der Waals surface area contributed by atoms with E-state index in [1.807, 2.05) is 0 Å². The summed E-state index contributed by atoms with van der Waals surface area (Å²) in [6, 6.07) is 9.80. The molecule has 0 saturated heterocycles. The monoisotopic (exact) mass is 496 g/mol. The van der Waals surface area contributed by atoms with Crippen LogP contribution in [0.5, 0.6) is 0 Å². The minimum absolute atomic E-state index is 0. The molecule has 164 valence electrons. The number of hydrogen-bond donors (Lipinski definition) is 0. The minimum atomic E-state index is -4.23. The first kappa shape index (κ1) is 22.1. The van der Waals surface area contributed by atoms with E-state index < -0.39 is 32.5 Å². The van der Waals surface area contributed by atoms with Crippen LogP contribution in [0.4, 0.5) is 8.78 Å². The molecular weight excluding hydrogens is 485 g/mol. The maximum Gasteiger partial charge on any atom is 1.00 e. The Hall–Kier alpha value is -3.08. The molecule has 0 atom stereocenters. The molecule has 3 heterocycles. The van der Waals surface area contributed by atoms with Gasteiger partial charge in [0.05, 0.1) is 22.0 Å². The van der Waals surface area contributed by atoms with E-state index in [1.165, 1.54) is 24.3 Å². The van der Waals surface area contributed by atoms with Gasteiger partial charge < -0.3 is 12.4 Å². The first-order chi connectivity index (χ1) is 14.7. The number of rotatable bonds is 2. The van der Waals surface area contributed by atoms with Crippen molar-refractivity contribution in [3.63, 3.8) is 0 Å². The largest absolute Gasteiger partial charge is 1.00 e. The molecule has 0 bridgehead atoms. The molecule has 0 aliphatic rings. The van der Waals surface area contributed by atoms with Crippen LogP contribution in [0.25, 0.3) is 27.6 Å². The summed E-state index contributed by atoms with van der Waals surface area (Å²) in [5, 5.41) is -1.15. The summed E-state index contributed by atoms with van der Waals surface area (Å²) in [7, 11) is -4.23. The highest BCUT2D eigenvalue weighted by Gasteiger charge is 2.26. The zero-order valence-electron chi connectivity index (χ0n) is 17.1. The van der Waals surface area contributed by atoms with Crippen molar-refractivity contribution in [1.82, 2.24) is 18.3 Å². The minimum Gasteiger partial charge on any atom is -1.00 e. The maximum absolute atomic E-state index is 15.0. The SMILES string of the molecule is Cc1ccc(S(=O)(=O)n2cc(F)c3c2nc(Cl)n2c(=O)c4c(F)cccc4nc32)cc1.[Cl-].[H+]. The van der Waals surface area contributed by atoms with E-state index in [-0.39, 0.29) is 46.3 Å². The Bertz CT molecular complexity index is 1720. The van der Waals surface area contributed by atoms with Gasteiger partial charge in [0.1, 0.15) is 11.2 Å². The number of halogens is 4. The van der Waals surface area contributed by atoms with Gasteiger partial charge in [-0.3, -0.25) is 4.79 Å². The highest BCUT2D eigenvalue weighted by Crippen LogP contribution is 2.29. The first-order valence-electron chi connectivity index (χ1n) is 8.89. The topological polar surface area (TPSA) is 86.3 Å². The van der Waals surface area contributed by atoms with Crippen LogP contribution in [0.3, 0.4) is 0 Å². The molecule has 0 aliphatic carbocycles. The number of aryl methyl sites for hydroxylation is 1. The van der Waals surface area contributed by atoms with E-state index in [9.17, 15) is 22.0 Å². The summed E-state index contributed by atoms with van der Waals surface area (Å²) in [5.41, 5.74) is -0.676. The fraction of sp³-hybridized carbons (Fsp3) is 0.0500. The van der Waals surface area contributed by atoms with Crippen molar-refractivity contribution in [3.8, 4) is 0 Å². The van der Waals surface area contributed by atoms with Crippen molar-refractivity contribution >= 4 is 49.2 Å². The summed E-state index contributed by atoms with van der Waals surface area (Å²) >= 11 is 6.15. The normalized spacial score (nSPS) is 11.9. The molecule has 32 heavy (non-hydrogen) atoms. The van der Waals surface area contributed by atoms with Crippen molar-refractivity contribution in [2.24, 2.45) is 0 Å². The Labute approximate surface area is 191 Å². The molecule has 0 spiro atoms. The number of benzene rings is 2. The van der Waals surface area contributed by atoms with Crippen LogP contribution in [-0.2, 0) is 10.0 Å². The maximum atomic E-state index is 15.0. The molecular formula is C20H12Cl2F2N4O3S. The van der Waals surface area contributed by atoms with Crippen molar-refractivity contribution in [2.45, 2.75) is 11.8 Å². The van der Waals surface area contributed by atoms with E-state index >= 15 is 0 Å². The molecule has 5 aromatic rings. The van der Waals surface area contributed by atoms with Crippen LogP contribution in [0.15, 0.2) is 58.4 Å². The lowest BCUT2D eigenvalue weighted by atomic mass is 10.2. The summed E-state index contributed by atoms with van der Waals surface area (Å²) in [6.07, 6.45) is 0.741. The summed E-state index contributed by atoms with van der Waals surface area (Å²) in [6.45, 7) is 1.80. The van der Waals surface area contributed by atoms with E-state index in [0.717, 1.165) is 22.2 Å². The van der Waals surface area contributed by atoms with Gasteiger partial charge in [0.2, 0.25) is 5.28 Å². The summed E-state index contributed by atoms with van der Waals surface area (Å²) < 4.78 is 56.8. The molecule has 0 saturated carbocycles. The fourth-order valence-electron chi connectivity index (χ4n) is 3.43. The molecule has 0 radical (unpaired) electrons. The van der Waals surface area contributed by atoms with E-state index in [2.05, 4.69) is 9.97 Å². The number of aromatic nitrogens is 4. The third kappa shape index (κ3) is 3.06. The van der Waals surface area contributed by atoms with Gasteiger partial charge in [-0.2, -0.15) is 4.98 Å². The van der Waals surface area contributed by atoms with Crippen molar-refractivity contribution in [2.75, 3.05) is 0 Å². The van der Waals surface area contributed by atoms with Gasteiger partial charge in [0.25, 0.3) is 15.6 Å². The summed E-state index contributed by atoms with van der Waals surface area (Å²) in [4.78, 5) is 20.9. The highest BCUT2D eigenvalue weighted by atomic mass is 35.5. The van der Waals surface area contributed by atoms with E-state index in [1.54, 1.807) is 19.1 Å². The van der Waals surface area contributed by atoms with Crippen molar-refractivity contribution in [3.05, 3.63) is 81.5 Å². The third-order valence-corrected chi connectivity index (χ3v) is 6.85. The second-order valence-electron chi connectivity index (χ2n) is 6.88. The molecule has 12 heteroatoms. The Balaban J connectivity index is 0.00000153. The molecule has 0 amide bonds. The van der Waals surface area contributed by atoms with Crippen LogP contribution < -0.4 is 18.0 Å². The second-order valence-corrected chi connectivity index (χ2v) is 9.03. The molecule has 0 N–H and O–H groups in total. The van der Waals surface area contributed by atoms with Gasteiger partial charge in [0, 0.05) is 0 Å². The molecule has 2 aromatic carbocycles. The first-order valence-corrected chi connectivity index (χ1v) is 10.7. The highest BCUT2D eigenvalue weighted by molar-refractivity contribution is 7.90. The predicted octanol–water partition coefficient (Wildman–Crippen LogP) is 0.791. The van der Waals surface area contributed by atoms with Crippen LogP contribution in [0, 0.1) is 18.6 Å². The molecule has 0 unspecified atom stereocenters. The van der Waals surface area contributed by atoms with Crippen LogP contribution in [0.1, 0.15) is 6.99 Å². The Morgan fingerprint density at radius 1 is 0.969 bits per heavy atom. The van der Waals surface area contributed by atoms with Crippen LogP contribution in [0.2, 0.25) is 5.28 Å². The lowest BCUT2D eigenvalue weighted by Crippen LogP contribution is -3.00. The average Bonchev–Trinajstić information content (AvgIpc) is 3.05. The molecule has 5 rings (SSSR count). The zero-order chi connectivity index (χ0) is 22.1. The lowest BCUT2D eigenvalue weighted by molar-refractivity contribution is -0.00000993. The fourth-order valence-corrected chi connectivity index (χ4v) is 4.97. The van der Waals surface area contributed by atoms with Gasteiger partial charge in [0.15, 0.2) is 17.1 Å². The van der Waals surface area contributed by atoms with Crippen LogP contribution >= 0.6 is 11.6 Å². The van der Waals surface area contributed by atoms with Gasteiger partial charge in [-0.15, -0.1) is 0 Å². The average molecular weight is 497 g/mol. The Morgan fingerprint density at radius 2 is 1.66 bits per heavy atom. The van der Waals surface area contributed by atoms with Crippen molar-refractivity contribution < 1.29 is 31.0 Å². The van der Waals surface area contributed by atoms with Gasteiger partial charge >= 0.3 is 1.43 Å².